The molecule has 2 aromatic rings. The monoisotopic (exact) mass is 382 g/mol. The summed E-state index contributed by atoms with van der Waals surface area (Å²) >= 11 is 0. The molecule has 0 aromatic heterocycles. The van der Waals surface area contributed by atoms with Crippen molar-refractivity contribution < 1.29 is 14.3 Å². The minimum atomic E-state index is -0.735. The summed E-state index contributed by atoms with van der Waals surface area (Å²) in [6, 6.07) is 17.2. The molecule has 150 valence electrons. The van der Waals surface area contributed by atoms with Gasteiger partial charge in [0.1, 0.15) is 11.4 Å². The van der Waals surface area contributed by atoms with Crippen LogP contribution in [0.2, 0.25) is 0 Å². The molecule has 3 unspecified atom stereocenters. The van der Waals surface area contributed by atoms with Gasteiger partial charge in [0, 0.05) is 18.5 Å². The topological polar surface area (TPSA) is 64.8 Å². The molecule has 0 radical (unpaired) electrons. The molecule has 1 saturated carbocycles. The van der Waals surface area contributed by atoms with E-state index in [1.54, 1.807) is 19.2 Å². The van der Waals surface area contributed by atoms with Gasteiger partial charge in [-0.15, -0.1) is 0 Å². The SMILES string of the molecule is COc1cccc(C2(OC(=O)c3ccccc3)CCC(N)CC2CN(C)C)c1. The van der Waals surface area contributed by atoms with Crippen LogP contribution in [-0.4, -0.2) is 44.7 Å². The first-order chi connectivity index (χ1) is 13.4. The Morgan fingerprint density at radius 3 is 2.61 bits per heavy atom. The number of esters is 1. The van der Waals surface area contributed by atoms with Crippen LogP contribution in [0.15, 0.2) is 54.6 Å². The molecule has 5 nitrogen and oxygen atoms in total. The molecule has 0 saturated heterocycles. The lowest BCUT2D eigenvalue weighted by Crippen LogP contribution is -2.50. The zero-order chi connectivity index (χ0) is 20.1. The zero-order valence-corrected chi connectivity index (χ0v) is 16.9. The summed E-state index contributed by atoms with van der Waals surface area (Å²) < 4.78 is 11.8. The number of ether oxygens (including phenoxy) is 2. The van der Waals surface area contributed by atoms with Crippen LogP contribution in [0, 0.1) is 5.92 Å². The maximum absolute atomic E-state index is 13.1. The summed E-state index contributed by atoms with van der Waals surface area (Å²) in [5.74, 6) is 0.541. The fourth-order valence-electron chi connectivity index (χ4n) is 4.20. The Labute approximate surface area is 167 Å². The van der Waals surface area contributed by atoms with Gasteiger partial charge in [-0.05, 0) is 63.2 Å². The van der Waals surface area contributed by atoms with Crippen molar-refractivity contribution in [3.05, 3.63) is 65.7 Å². The second kappa shape index (κ2) is 8.76. The molecule has 1 fully saturated rings. The van der Waals surface area contributed by atoms with E-state index >= 15 is 0 Å². The highest BCUT2D eigenvalue weighted by Gasteiger charge is 2.48. The summed E-state index contributed by atoms with van der Waals surface area (Å²) in [4.78, 5) is 15.2. The minimum absolute atomic E-state index is 0.0889. The normalized spacial score (nSPS) is 24.8. The Balaban J connectivity index is 2.05. The van der Waals surface area contributed by atoms with Crippen LogP contribution in [0.5, 0.6) is 5.75 Å². The maximum atomic E-state index is 13.1. The third kappa shape index (κ3) is 4.37. The van der Waals surface area contributed by atoms with Crippen molar-refractivity contribution in [1.29, 1.82) is 0 Å². The second-order valence-electron chi connectivity index (χ2n) is 7.87. The Hall–Kier alpha value is -2.37. The molecule has 28 heavy (non-hydrogen) atoms. The number of carbonyl (C=O) groups is 1. The van der Waals surface area contributed by atoms with E-state index in [0.717, 1.165) is 30.7 Å². The largest absolute Gasteiger partial charge is 0.497 e. The second-order valence-corrected chi connectivity index (χ2v) is 7.87. The van der Waals surface area contributed by atoms with Crippen LogP contribution in [0.1, 0.15) is 35.2 Å². The van der Waals surface area contributed by atoms with Gasteiger partial charge in [0.2, 0.25) is 0 Å². The van der Waals surface area contributed by atoms with Crippen LogP contribution < -0.4 is 10.5 Å². The summed E-state index contributed by atoms with van der Waals surface area (Å²) in [5.41, 5.74) is 7.11. The van der Waals surface area contributed by atoms with Gasteiger partial charge in [-0.2, -0.15) is 0 Å². The Morgan fingerprint density at radius 2 is 1.93 bits per heavy atom. The van der Waals surface area contributed by atoms with Gasteiger partial charge in [-0.25, -0.2) is 4.79 Å². The molecule has 0 amide bonds. The summed E-state index contributed by atoms with van der Waals surface area (Å²) in [5, 5.41) is 0. The first-order valence-corrected chi connectivity index (χ1v) is 9.78. The highest BCUT2D eigenvalue weighted by atomic mass is 16.6. The zero-order valence-electron chi connectivity index (χ0n) is 16.9. The van der Waals surface area contributed by atoms with Crippen molar-refractivity contribution in [2.45, 2.75) is 30.9 Å². The van der Waals surface area contributed by atoms with Gasteiger partial charge in [0.25, 0.3) is 0 Å². The lowest BCUT2D eigenvalue weighted by atomic mass is 9.69. The molecule has 0 bridgehead atoms. The van der Waals surface area contributed by atoms with E-state index in [1.807, 2.05) is 56.6 Å². The standard InChI is InChI=1S/C23H30N2O3/c1-25(2)16-19-14-20(24)12-13-23(19,18-10-7-11-21(15-18)27-3)28-22(26)17-8-5-4-6-9-17/h4-11,15,19-20H,12-14,16,24H2,1-3H3. The molecule has 0 heterocycles. The molecule has 5 heteroatoms. The van der Waals surface area contributed by atoms with Crippen molar-refractivity contribution in [3.8, 4) is 5.75 Å². The fourth-order valence-corrected chi connectivity index (χ4v) is 4.20. The van der Waals surface area contributed by atoms with E-state index in [4.69, 9.17) is 15.2 Å². The van der Waals surface area contributed by atoms with E-state index in [2.05, 4.69) is 4.90 Å². The molecule has 3 rings (SSSR count). The predicted octanol–water partition coefficient (Wildman–Crippen LogP) is 3.44. The molecule has 2 aromatic carbocycles. The molecular formula is C23H30N2O3. The van der Waals surface area contributed by atoms with Gasteiger partial charge in [0.05, 0.1) is 12.7 Å². The quantitative estimate of drug-likeness (QED) is 0.776. The number of rotatable bonds is 6. The first kappa shape index (κ1) is 20.4. The number of nitrogens with zero attached hydrogens (tertiary/aromatic N) is 1. The molecule has 0 spiro atoms. The Morgan fingerprint density at radius 1 is 1.18 bits per heavy atom. The Kier molecular flexibility index (Phi) is 6.37. The van der Waals surface area contributed by atoms with E-state index in [1.165, 1.54) is 0 Å². The third-order valence-electron chi connectivity index (χ3n) is 5.56. The van der Waals surface area contributed by atoms with E-state index < -0.39 is 5.60 Å². The van der Waals surface area contributed by atoms with Gasteiger partial charge in [-0.1, -0.05) is 30.3 Å². The molecular weight excluding hydrogens is 352 g/mol. The van der Waals surface area contributed by atoms with Crippen LogP contribution in [-0.2, 0) is 10.3 Å². The van der Waals surface area contributed by atoms with Crippen molar-refractivity contribution in [3.63, 3.8) is 0 Å². The van der Waals surface area contributed by atoms with Crippen LogP contribution in [0.3, 0.4) is 0 Å². The number of methoxy groups -OCH3 is 1. The lowest BCUT2D eigenvalue weighted by molar-refractivity contribution is -0.0856. The highest BCUT2D eigenvalue weighted by molar-refractivity contribution is 5.89. The summed E-state index contributed by atoms with van der Waals surface area (Å²) in [6.45, 7) is 0.785. The molecule has 3 atom stereocenters. The van der Waals surface area contributed by atoms with E-state index in [-0.39, 0.29) is 17.9 Å². The van der Waals surface area contributed by atoms with Crippen LogP contribution in [0.4, 0.5) is 0 Å². The highest BCUT2D eigenvalue weighted by Crippen LogP contribution is 2.46. The van der Waals surface area contributed by atoms with Gasteiger partial charge in [0.15, 0.2) is 0 Å². The lowest BCUT2D eigenvalue weighted by Gasteiger charge is -2.46. The predicted molar refractivity (Wildman–Crippen MR) is 110 cm³/mol. The van der Waals surface area contributed by atoms with Crippen molar-refractivity contribution in [2.75, 3.05) is 27.7 Å². The number of carbonyl (C=O) groups excluding carboxylic acids is 1. The first-order valence-electron chi connectivity index (χ1n) is 9.78. The molecule has 0 aliphatic heterocycles. The molecule has 2 N–H and O–H groups in total. The average Bonchev–Trinajstić information content (AvgIpc) is 2.70. The summed E-state index contributed by atoms with van der Waals surface area (Å²) in [6.07, 6.45) is 2.30. The number of nitrogens with two attached hydrogens (primary N) is 1. The Bertz CT molecular complexity index is 791. The van der Waals surface area contributed by atoms with Crippen molar-refractivity contribution in [2.24, 2.45) is 11.7 Å². The van der Waals surface area contributed by atoms with E-state index in [0.29, 0.717) is 12.0 Å². The maximum Gasteiger partial charge on any atom is 0.339 e. The van der Waals surface area contributed by atoms with Gasteiger partial charge >= 0.3 is 5.97 Å². The van der Waals surface area contributed by atoms with Crippen molar-refractivity contribution in [1.82, 2.24) is 4.90 Å². The average molecular weight is 383 g/mol. The smallest absolute Gasteiger partial charge is 0.339 e. The molecule has 1 aliphatic rings. The van der Waals surface area contributed by atoms with E-state index in [9.17, 15) is 4.79 Å². The van der Waals surface area contributed by atoms with Gasteiger partial charge < -0.3 is 20.1 Å². The fraction of sp³-hybridized carbons (Fsp3) is 0.435. The third-order valence-corrected chi connectivity index (χ3v) is 5.56. The van der Waals surface area contributed by atoms with Gasteiger partial charge in [-0.3, -0.25) is 0 Å². The number of hydrogen-bond acceptors (Lipinski definition) is 5. The summed E-state index contributed by atoms with van der Waals surface area (Å²) in [7, 11) is 5.72. The number of hydrogen-bond donors (Lipinski definition) is 1. The van der Waals surface area contributed by atoms with Crippen LogP contribution in [0.25, 0.3) is 0 Å². The van der Waals surface area contributed by atoms with Crippen LogP contribution >= 0.6 is 0 Å². The van der Waals surface area contributed by atoms with Crippen molar-refractivity contribution >= 4 is 5.97 Å². The minimum Gasteiger partial charge on any atom is -0.497 e. The number of benzene rings is 2. The molecule has 1 aliphatic carbocycles.